The summed E-state index contributed by atoms with van der Waals surface area (Å²) in [5.41, 5.74) is 8.10. The van der Waals surface area contributed by atoms with E-state index in [0.29, 0.717) is 77.5 Å². The van der Waals surface area contributed by atoms with Crippen LogP contribution in [0.3, 0.4) is 0 Å². The highest BCUT2D eigenvalue weighted by molar-refractivity contribution is 6.00. The molecule has 0 radical (unpaired) electrons. The maximum absolute atomic E-state index is 16.4. The highest BCUT2D eigenvalue weighted by atomic mass is 19.1. The SMILES string of the molecule is Cc1cc(-n2nc3c(c2-n2ccn(-c4ccc5c(cnn5C)c4F)c2=O)[C@H](C)N(C(=O)c2cc4cc([C@H]5CCOC(C)(C)C5)ccc4n2[C@@]2(c4noc(=O)[nH]4)C[C@@H]2C)CC32CCCN(C(N)=O)C2)cc(C)c1F. The molecule has 3 amide bonds. The Morgan fingerprint density at radius 1 is 0.932 bits per heavy atom. The number of halogens is 2. The zero-order valence-electron chi connectivity index (χ0n) is 41.7. The van der Waals surface area contributed by atoms with E-state index in [2.05, 4.69) is 41.2 Å². The van der Waals surface area contributed by atoms with Gasteiger partial charge in [0, 0.05) is 62.1 Å². The fourth-order valence-electron chi connectivity index (χ4n) is 12.6. The van der Waals surface area contributed by atoms with Crippen molar-refractivity contribution < 1.29 is 27.6 Å². The summed E-state index contributed by atoms with van der Waals surface area (Å²) in [4.78, 5) is 63.4. The van der Waals surface area contributed by atoms with Gasteiger partial charge in [-0.15, -0.1) is 0 Å². The number of likely N-dealkylation sites (tertiary alicyclic amines) is 1. The molecule has 3 N–H and O–H groups in total. The second-order valence-electron chi connectivity index (χ2n) is 21.5. The predicted octanol–water partition coefficient (Wildman–Crippen LogP) is 7.31. The maximum atomic E-state index is 16.4. The summed E-state index contributed by atoms with van der Waals surface area (Å²) in [7, 11) is 1.71. The van der Waals surface area contributed by atoms with Crippen LogP contribution < -0.4 is 17.2 Å². The number of nitrogens with one attached hydrogen (secondary N) is 1. The highest BCUT2D eigenvalue weighted by Gasteiger charge is 2.60. The number of nitrogens with zero attached hydrogens (tertiary/aromatic N) is 10. The summed E-state index contributed by atoms with van der Waals surface area (Å²) in [5.74, 6) is -1.40. The zero-order chi connectivity index (χ0) is 51.2. The fourth-order valence-corrected chi connectivity index (χ4v) is 12.6. The smallest absolute Gasteiger partial charge is 0.376 e. The molecule has 378 valence electrons. The van der Waals surface area contributed by atoms with Crippen LogP contribution in [0.2, 0.25) is 0 Å². The molecule has 12 rings (SSSR count). The Balaban J connectivity index is 1.08. The number of amides is 3. The molecule has 1 unspecified atom stereocenters. The fraction of sp³-hybridized carbons (Fsp3) is 0.415. The number of fused-ring (bicyclic) bond motifs is 4. The van der Waals surface area contributed by atoms with E-state index >= 15 is 18.4 Å². The molecule has 2 saturated heterocycles. The molecular formula is C53H56F2N12O6. The molecule has 4 aliphatic rings. The molecule has 73 heavy (non-hydrogen) atoms. The van der Waals surface area contributed by atoms with Gasteiger partial charge in [-0.25, -0.2) is 27.8 Å². The first-order chi connectivity index (χ1) is 34.8. The lowest BCUT2D eigenvalue weighted by molar-refractivity contribution is -0.0592. The van der Waals surface area contributed by atoms with Crippen LogP contribution in [0.25, 0.3) is 39.0 Å². The molecule has 3 fully saturated rings. The second kappa shape index (κ2) is 16.2. The summed E-state index contributed by atoms with van der Waals surface area (Å²) in [6.45, 7) is 12.6. The van der Waals surface area contributed by atoms with Crippen molar-refractivity contribution in [2.75, 3.05) is 26.2 Å². The number of hydrogen-bond acceptors (Lipinski definition) is 9. The van der Waals surface area contributed by atoms with Crippen LogP contribution in [-0.2, 0) is 22.7 Å². The van der Waals surface area contributed by atoms with Crippen LogP contribution in [0.15, 0.2) is 81.2 Å². The first-order valence-electron chi connectivity index (χ1n) is 24.8. The van der Waals surface area contributed by atoms with Crippen LogP contribution in [0.1, 0.15) is 116 Å². The van der Waals surface area contributed by atoms with Gasteiger partial charge in [0.25, 0.3) is 5.91 Å². The number of rotatable bonds is 7. The monoisotopic (exact) mass is 994 g/mol. The molecule has 1 spiro atoms. The predicted molar refractivity (Wildman–Crippen MR) is 266 cm³/mol. The first kappa shape index (κ1) is 46.5. The average molecular weight is 995 g/mol. The van der Waals surface area contributed by atoms with Gasteiger partial charge < -0.3 is 24.8 Å². The van der Waals surface area contributed by atoms with Crippen LogP contribution in [0.4, 0.5) is 13.6 Å². The second-order valence-corrected chi connectivity index (χ2v) is 21.5. The van der Waals surface area contributed by atoms with Crippen molar-refractivity contribution in [2.24, 2.45) is 18.7 Å². The minimum Gasteiger partial charge on any atom is -0.376 e. The molecule has 18 nitrogen and oxygen atoms in total. The molecule has 1 aliphatic carbocycles. The van der Waals surface area contributed by atoms with E-state index in [9.17, 15) is 9.59 Å². The van der Waals surface area contributed by atoms with E-state index in [1.54, 1.807) is 58.3 Å². The Kier molecular flexibility index (Phi) is 10.3. The third-order valence-corrected chi connectivity index (χ3v) is 16.4. The van der Waals surface area contributed by atoms with Crippen molar-refractivity contribution in [1.29, 1.82) is 0 Å². The summed E-state index contributed by atoms with van der Waals surface area (Å²) in [5, 5.41) is 14.9. The van der Waals surface area contributed by atoms with Gasteiger partial charge in [-0.05, 0) is 138 Å². The van der Waals surface area contributed by atoms with E-state index < -0.39 is 46.1 Å². The molecule has 8 heterocycles. The number of aromatic amines is 1. The van der Waals surface area contributed by atoms with Gasteiger partial charge in [-0.1, -0.05) is 18.1 Å². The number of carbonyl (C=O) groups is 2. The Hall–Kier alpha value is -7.61. The number of carbonyl (C=O) groups excluding carboxylic acids is 2. The van der Waals surface area contributed by atoms with Crippen LogP contribution in [0, 0.1) is 31.4 Å². The lowest BCUT2D eigenvalue weighted by atomic mass is 9.71. The van der Waals surface area contributed by atoms with E-state index in [1.807, 2.05) is 30.5 Å². The molecule has 0 bridgehead atoms. The molecular weight excluding hydrogens is 939 g/mol. The van der Waals surface area contributed by atoms with Gasteiger partial charge >= 0.3 is 17.5 Å². The number of nitrogens with two attached hydrogens (primary N) is 1. The van der Waals surface area contributed by atoms with Crippen molar-refractivity contribution in [1.82, 2.24) is 53.2 Å². The number of aryl methyl sites for hydroxylation is 3. The molecule has 3 aliphatic heterocycles. The number of hydrogen-bond donors (Lipinski definition) is 2. The van der Waals surface area contributed by atoms with E-state index in [1.165, 1.54) is 33.8 Å². The molecule has 5 atom stereocenters. The number of urea groups is 1. The summed E-state index contributed by atoms with van der Waals surface area (Å²) in [6, 6.07) is 13.3. The Morgan fingerprint density at radius 3 is 2.37 bits per heavy atom. The number of aromatic nitrogens is 9. The quantitative estimate of drug-likeness (QED) is 0.164. The lowest BCUT2D eigenvalue weighted by Crippen LogP contribution is -2.58. The first-order valence-corrected chi connectivity index (χ1v) is 24.8. The third kappa shape index (κ3) is 6.99. The molecule has 1 saturated carbocycles. The number of H-pyrrole nitrogens is 1. The van der Waals surface area contributed by atoms with Gasteiger partial charge in [0.05, 0.1) is 51.2 Å². The zero-order valence-corrected chi connectivity index (χ0v) is 41.7. The van der Waals surface area contributed by atoms with Gasteiger partial charge in [0.15, 0.2) is 11.6 Å². The van der Waals surface area contributed by atoms with Crippen molar-refractivity contribution in [3.8, 4) is 17.2 Å². The number of imidazole rings is 1. The molecule has 8 aromatic rings. The summed E-state index contributed by atoms with van der Waals surface area (Å²) >= 11 is 0. The topological polar surface area (TPSA) is 202 Å². The van der Waals surface area contributed by atoms with Crippen molar-refractivity contribution in [3.05, 3.63) is 139 Å². The van der Waals surface area contributed by atoms with Crippen molar-refractivity contribution in [2.45, 2.75) is 102 Å². The Labute approximate surface area is 416 Å². The Bertz CT molecular complexity index is 3720. The van der Waals surface area contributed by atoms with Gasteiger partial charge in [-0.2, -0.15) is 10.2 Å². The average Bonchev–Trinajstić information content (AvgIpc) is 4.00. The van der Waals surface area contributed by atoms with E-state index in [-0.39, 0.29) is 53.3 Å². The van der Waals surface area contributed by atoms with Crippen molar-refractivity contribution >= 4 is 33.7 Å². The van der Waals surface area contributed by atoms with Gasteiger partial charge in [0.1, 0.15) is 22.9 Å². The van der Waals surface area contributed by atoms with Crippen LogP contribution in [-0.4, -0.2) is 97.0 Å². The minimum absolute atomic E-state index is 0.00318. The number of primary amides is 1. The van der Waals surface area contributed by atoms with Crippen LogP contribution in [0.5, 0.6) is 0 Å². The number of piperidine rings is 1. The summed E-state index contributed by atoms with van der Waals surface area (Å²) in [6.07, 6.45) is 7.65. The molecule has 20 heteroatoms. The van der Waals surface area contributed by atoms with Crippen molar-refractivity contribution in [3.63, 3.8) is 0 Å². The highest BCUT2D eigenvalue weighted by Crippen LogP contribution is 2.56. The van der Waals surface area contributed by atoms with Gasteiger partial charge in [-0.3, -0.25) is 28.1 Å². The summed E-state index contributed by atoms with van der Waals surface area (Å²) < 4.78 is 50.9. The maximum Gasteiger partial charge on any atom is 0.438 e. The van der Waals surface area contributed by atoms with E-state index in [4.69, 9.17) is 20.1 Å². The van der Waals surface area contributed by atoms with Gasteiger partial charge in [0.2, 0.25) is 0 Å². The Morgan fingerprint density at radius 2 is 1.67 bits per heavy atom. The molecule has 3 aromatic carbocycles. The minimum atomic E-state index is -1.03. The van der Waals surface area contributed by atoms with Crippen LogP contribution >= 0.6 is 0 Å². The number of ether oxygens (including phenoxy) is 1. The standard InChI is InChI=1S/C53H56F2N12O6/c1-28-19-35(20-29(2)42(28)54)67-45(64-17-16-63(50(64)71)39-12-11-38-36(43(39)55)25-57-61(38)7)41-31(4)65(27-52(44(41)59-67)14-8-15-62(26-52)48(56)69)46(68)40-22-34-21-32(33-13-18-72-51(5,6)24-33)9-10-37(34)66(40)53(23-30(53)3)47-58-49(70)73-60-47/h9-12,16-17,19-22,25,30-31,33H,8,13-15,18,23-24,26-27H2,1-7H3,(H2,56,69)(H,58,60,70)/t30-,31-,33-,52?,53-/m0/s1. The molecule has 5 aromatic heterocycles. The largest absolute Gasteiger partial charge is 0.438 e. The third-order valence-electron chi connectivity index (χ3n) is 16.4. The number of benzene rings is 3. The lowest BCUT2D eigenvalue weighted by Gasteiger charge is -2.49. The van der Waals surface area contributed by atoms with E-state index in [0.717, 1.165) is 29.3 Å². The normalized spacial score (nSPS) is 23.7.